The maximum absolute atomic E-state index is 11.8. The average molecular weight is 198 g/mol. The zero-order valence-corrected chi connectivity index (χ0v) is 9.17. The fourth-order valence-corrected chi connectivity index (χ4v) is 2.56. The van der Waals surface area contributed by atoms with Crippen molar-refractivity contribution >= 4 is 5.78 Å². The number of Topliss-reactive ketones (excluding diaryl/α,β-unsaturated/α-hetero) is 1. The van der Waals surface area contributed by atoms with E-state index in [9.17, 15) is 4.79 Å². The maximum atomic E-state index is 11.8. The predicted molar refractivity (Wildman–Crippen MR) is 57.1 cm³/mol. The van der Waals surface area contributed by atoms with Gasteiger partial charge in [0.1, 0.15) is 5.78 Å². The van der Waals surface area contributed by atoms with E-state index in [1.54, 1.807) is 0 Å². The first kappa shape index (κ1) is 11.7. The molecule has 0 aromatic heterocycles. The zero-order valence-electron chi connectivity index (χ0n) is 9.17. The van der Waals surface area contributed by atoms with Gasteiger partial charge in [-0.05, 0) is 25.2 Å². The van der Waals surface area contributed by atoms with Gasteiger partial charge >= 0.3 is 0 Å². The lowest BCUT2D eigenvalue weighted by molar-refractivity contribution is -0.125. The molecule has 0 radical (unpaired) electrons. The van der Waals surface area contributed by atoms with E-state index in [-0.39, 0.29) is 6.61 Å². The molecule has 1 aliphatic carbocycles. The standard InChI is InChI=1S/C12H22O2/c1-2-10-6-3-4-7-11(10)12(14)8-5-9-13/h10-11,13H,2-9H2,1H3. The molecule has 1 N–H and O–H groups in total. The molecule has 0 saturated heterocycles. The largest absolute Gasteiger partial charge is 0.396 e. The Morgan fingerprint density at radius 3 is 2.71 bits per heavy atom. The number of aliphatic hydroxyl groups is 1. The maximum Gasteiger partial charge on any atom is 0.136 e. The molecular weight excluding hydrogens is 176 g/mol. The molecule has 2 unspecified atom stereocenters. The summed E-state index contributed by atoms with van der Waals surface area (Å²) in [6.45, 7) is 2.33. The molecule has 2 atom stereocenters. The van der Waals surface area contributed by atoms with Crippen LogP contribution in [-0.4, -0.2) is 17.5 Å². The molecule has 2 nitrogen and oxygen atoms in total. The summed E-state index contributed by atoms with van der Waals surface area (Å²) in [5, 5.41) is 8.68. The summed E-state index contributed by atoms with van der Waals surface area (Å²) in [7, 11) is 0. The van der Waals surface area contributed by atoms with E-state index in [1.807, 2.05) is 0 Å². The highest BCUT2D eigenvalue weighted by molar-refractivity contribution is 5.81. The summed E-state index contributed by atoms with van der Waals surface area (Å²) >= 11 is 0. The van der Waals surface area contributed by atoms with Crippen molar-refractivity contribution in [3.63, 3.8) is 0 Å². The van der Waals surface area contributed by atoms with Crippen molar-refractivity contribution in [2.45, 2.75) is 51.9 Å². The topological polar surface area (TPSA) is 37.3 Å². The Morgan fingerprint density at radius 1 is 1.36 bits per heavy atom. The van der Waals surface area contributed by atoms with Crippen LogP contribution >= 0.6 is 0 Å². The number of carbonyl (C=O) groups is 1. The minimum Gasteiger partial charge on any atom is -0.396 e. The van der Waals surface area contributed by atoms with Gasteiger partial charge in [-0.15, -0.1) is 0 Å². The van der Waals surface area contributed by atoms with Gasteiger partial charge in [-0.1, -0.05) is 26.2 Å². The average Bonchev–Trinajstić information content (AvgIpc) is 2.25. The Kier molecular flexibility index (Phi) is 5.16. The Balaban J connectivity index is 2.41. The van der Waals surface area contributed by atoms with Gasteiger partial charge in [-0.3, -0.25) is 4.79 Å². The minimum atomic E-state index is 0.148. The molecule has 1 fully saturated rings. The molecule has 0 spiro atoms. The van der Waals surface area contributed by atoms with Crippen molar-refractivity contribution in [3.05, 3.63) is 0 Å². The third-order valence-corrected chi connectivity index (χ3v) is 3.43. The smallest absolute Gasteiger partial charge is 0.136 e. The van der Waals surface area contributed by atoms with E-state index < -0.39 is 0 Å². The highest BCUT2D eigenvalue weighted by Crippen LogP contribution is 2.33. The summed E-state index contributed by atoms with van der Waals surface area (Å²) in [5.74, 6) is 1.32. The molecule has 1 aliphatic rings. The third-order valence-electron chi connectivity index (χ3n) is 3.43. The van der Waals surface area contributed by atoms with Gasteiger partial charge < -0.3 is 5.11 Å². The fraction of sp³-hybridized carbons (Fsp3) is 0.917. The second kappa shape index (κ2) is 6.18. The van der Waals surface area contributed by atoms with E-state index in [1.165, 1.54) is 19.3 Å². The molecule has 0 amide bonds. The normalized spacial score (nSPS) is 27.6. The zero-order chi connectivity index (χ0) is 10.4. The third kappa shape index (κ3) is 3.09. The van der Waals surface area contributed by atoms with Gasteiger partial charge in [0.25, 0.3) is 0 Å². The van der Waals surface area contributed by atoms with Crippen LogP contribution < -0.4 is 0 Å². The summed E-state index contributed by atoms with van der Waals surface area (Å²) in [4.78, 5) is 11.8. The second-order valence-electron chi connectivity index (χ2n) is 4.35. The summed E-state index contributed by atoms with van der Waals surface area (Å²) < 4.78 is 0. The molecule has 82 valence electrons. The highest BCUT2D eigenvalue weighted by Gasteiger charge is 2.28. The fourth-order valence-electron chi connectivity index (χ4n) is 2.56. The number of hydrogen-bond donors (Lipinski definition) is 1. The van der Waals surface area contributed by atoms with Crippen LogP contribution in [0.25, 0.3) is 0 Å². The lowest BCUT2D eigenvalue weighted by Gasteiger charge is -2.29. The van der Waals surface area contributed by atoms with Crippen LogP contribution in [-0.2, 0) is 4.79 Å². The van der Waals surface area contributed by atoms with E-state index >= 15 is 0 Å². The van der Waals surface area contributed by atoms with Crippen LogP contribution in [0.5, 0.6) is 0 Å². The Bertz CT molecular complexity index is 177. The first-order valence-electron chi connectivity index (χ1n) is 5.93. The van der Waals surface area contributed by atoms with E-state index in [0.717, 1.165) is 12.8 Å². The quantitative estimate of drug-likeness (QED) is 0.737. The van der Waals surface area contributed by atoms with Crippen molar-refractivity contribution in [2.24, 2.45) is 11.8 Å². The molecular formula is C12H22O2. The van der Waals surface area contributed by atoms with Gasteiger partial charge in [0.15, 0.2) is 0 Å². The lowest BCUT2D eigenvalue weighted by Crippen LogP contribution is -2.26. The molecule has 1 saturated carbocycles. The molecule has 0 bridgehead atoms. The van der Waals surface area contributed by atoms with Crippen LogP contribution in [0, 0.1) is 11.8 Å². The minimum absolute atomic E-state index is 0.148. The molecule has 2 heteroatoms. The van der Waals surface area contributed by atoms with Crippen molar-refractivity contribution in [1.29, 1.82) is 0 Å². The molecule has 0 heterocycles. The van der Waals surface area contributed by atoms with Gasteiger partial charge in [0.05, 0.1) is 0 Å². The van der Waals surface area contributed by atoms with Crippen molar-refractivity contribution < 1.29 is 9.90 Å². The van der Waals surface area contributed by atoms with Gasteiger partial charge in [0.2, 0.25) is 0 Å². The number of ketones is 1. The predicted octanol–water partition coefficient (Wildman–Crippen LogP) is 2.54. The summed E-state index contributed by atoms with van der Waals surface area (Å²) in [6.07, 6.45) is 7.18. The lowest BCUT2D eigenvalue weighted by atomic mass is 9.75. The van der Waals surface area contributed by atoms with Gasteiger partial charge in [-0.2, -0.15) is 0 Å². The van der Waals surface area contributed by atoms with Crippen LogP contribution in [0.1, 0.15) is 51.9 Å². The first-order valence-corrected chi connectivity index (χ1v) is 5.93. The Hall–Kier alpha value is -0.370. The van der Waals surface area contributed by atoms with Crippen molar-refractivity contribution in [1.82, 2.24) is 0 Å². The molecule has 0 aliphatic heterocycles. The van der Waals surface area contributed by atoms with Crippen molar-refractivity contribution in [2.75, 3.05) is 6.61 Å². The molecule has 0 aromatic carbocycles. The molecule has 0 aromatic rings. The number of hydrogen-bond acceptors (Lipinski definition) is 2. The Morgan fingerprint density at radius 2 is 2.07 bits per heavy atom. The number of aliphatic hydroxyl groups excluding tert-OH is 1. The van der Waals surface area contributed by atoms with Crippen molar-refractivity contribution in [3.8, 4) is 0 Å². The second-order valence-corrected chi connectivity index (χ2v) is 4.35. The molecule has 14 heavy (non-hydrogen) atoms. The number of carbonyl (C=O) groups excluding carboxylic acids is 1. The monoisotopic (exact) mass is 198 g/mol. The van der Waals surface area contributed by atoms with Crippen LogP contribution in [0.2, 0.25) is 0 Å². The highest BCUT2D eigenvalue weighted by atomic mass is 16.3. The SMILES string of the molecule is CCC1CCCCC1C(=O)CCCO. The summed E-state index contributed by atoms with van der Waals surface area (Å²) in [5.41, 5.74) is 0. The van der Waals surface area contributed by atoms with Gasteiger partial charge in [-0.25, -0.2) is 0 Å². The van der Waals surface area contributed by atoms with E-state index in [0.29, 0.717) is 30.5 Å². The Labute approximate surface area is 86.7 Å². The van der Waals surface area contributed by atoms with Crippen LogP contribution in [0.4, 0.5) is 0 Å². The summed E-state index contributed by atoms with van der Waals surface area (Å²) in [6, 6.07) is 0. The first-order chi connectivity index (χ1) is 6.79. The van der Waals surface area contributed by atoms with Crippen LogP contribution in [0.15, 0.2) is 0 Å². The van der Waals surface area contributed by atoms with E-state index in [4.69, 9.17) is 5.11 Å². The van der Waals surface area contributed by atoms with E-state index in [2.05, 4.69) is 6.92 Å². The van der Waals surface area contributed by atoms with Crippen LogP contribution in [0.3, 0.4) is 0 Å². The van der Waals surface area contributed by atoms with Gasteiger partial charge in [0, 0.05) is 18.9 Å². The molecule has 1 rings (SSSR count). The number of rotatable bonds is 5.